The average molecular weight is 357 g/mol. The summed E-state index contributed by atoms with van der Waals surface area (Å²) in [5, 5.41) is 0. The minimum atomic E-state index is -1.14. The summed E-state index contributed by atoms with van der Waals surface area (Å²) in [5.74, 6) is 0. The number of hydrogen-bond donors (Lipinski definition) is 0. The Morgan fingerprint density at radius 3 is 1.28 bits per heavy atom. The molecule has 0 amide bonds. The van der Waals surface area contributed by atoms with Gasteiger partial charge in [0.25, 0.3) is 0 Å². The van der Waals surface area contributed by atoms with Gasteiger partial charge in [-0.05, 0) is 25.7 Å². The molecule has 6 heteroatoms. The quantitative estimate of drug-likeness (QED) is 0.502. The highest BCUT2D eigenvalue weighted by atomic mass is 33.7. The molecule has 0 bridgehead atoms. The van der Waals surface area contributed by atoms with Crippen molar-refractivity contribution >= 4 is 54.5 Å². The molecule has 1 heterocycles. The van der Waals surface area contributed by atoms with Crippen LogP contribution in [0.2, 0.25) is 0 Å². The fraction of sp³-hybridized carbons (Fsp3) is 1.00. The van der Waals surface area contributed by atoms with Crippen molar-refractivity contribution in [1.29, 1.82) is 0 Å². The molecule has 0 spiro atoms. The number of rotatable bonds is 2. The molecule has 2 saturated carbocycles. The fourth-order valence-corrected chi connectivity index (χ4v) is 52.3. The molecule has 0 radical (unpaired) electrons. The minimum absolute atomic E-state index is 0.885. The second-order valence-corrected chi connectivity index (χ2v) is 28.2. The lowest BCUT2D eigenvalue weighted by molar-refractivity contribution is 0.513. The monoisotopic (exact) mass is 356 g/mol. The van der Waals surface area contributed by atoms with E-state index in [1.54, 1.807) is 0 Å². The largest absolute Gasteiger partial charge is 0.0733 e. The Bertz CT molecular complexity index is 347. The summed E-state index contributed by atoms with van der Waals surface area (Å²) in [4.78, 5) is 0. The van der Waals surface area contributed by atoms with Gasteiger partial charge in [-0.15, -0.1) is 0 Å². The summed E-state index contributed by atoms with van der Waals surface area (Å²) < 4.78 is -2.29. The van der Waals surface area contributed by atoms with Crippen LogP contribution >= 0.6 is 30.9 Å². The van der Waals surface area contributed by atoms with Crippen LogP contribution in [0, 0.1) is 0 Å². The van der Waals surface area contributed by atoms with Gasteiger partial charge >= 0.3 is 0 Å². The molecule has 0 unspecified atom stereocenters. The van der Waals surface area contributed by atoms with E-state index in [9.17, 15) is 0 Å². The van der Waals surface area contributed by atoms with E-state index >= 15 is 0 Å². The Morgan fingerprint density at radius 1 is 0.611 bits per heavy atom. The molecule has 18 heavy (non-hydrogen) atoms. The molecule has 104 valence electrons. The van der Waals surface area contributed by atoms with Crippen molar-refractivity contribution < 1.29 is 0 Å². The molecule has 3 aliphatic rings. The normalized spacial score (nSPS) is 43.6. The summed E-state index contributed by atoms with van der Waals surface area (Å²) in [5.41, 5.74) is 1.77. The first-order valence-electron chi connectivity index (χ1n) is 7.24. The van der Waals surface area contributed by atoms with Crippen LogP contribution < -0.4 is 0 Å². The van der Waals surface area contributed by atoms with Crippen LogP contribution in [0.5, 0.6) is 0 Å². The van der Waals surface area contributed by atoms with Crippen LogP contribution in [0.15, 0.2) is 0 Å². The van der Waals surface area contributed by atoms with Gasteiger partial charge in [0.05, 0.1) is 8.88 Å². The van der Waals surface area contributed by atoms with Gasteiger partial charge in [0.15, 0.2) is 0 Å². The Labute approximate surface area is 129 Å². The molecule has 0 aromatic carbocycles. The Morgan fingerprint density at radius 2 is 0.944 bits per heavy atom. The van der Waals surface area contributed by atoms with E-state index in [0.717, 1.165) is 11.3 Å². The van der Waals surface area contributed by atoms with Crippen molar-refractivity contribution in [3.8, 4) is 0 Å². The Kier molecular flexibility index (Phi) is 4.98. The standard InChI is InChI=1S/C12H22P2S4/c15-13(11-7-3-1-4-8-11)17-14(16,18-13)12-9-5-2-6-10-12/h11-12H,1-10H2. The van der Waals surface area contributed by atoms with E-state index < -0.39 is 8.88 Å². The smallest absolute Gasteiger partial charge is 0.0712 e. The molecule has 0 aromatic rings. The van der Waals surface area contributed by atoms with Crippen molar-refractivity contribution in [2.45, 2.75) is 75.5 Å². The van der Waals surface area contributed by atoms with E-state index in [-0.39, 0.29) is 0 Å². The van der Waals surface area contributed by atoms with Crippen molar-refractivity contribution in [2.24, 2.45) is 0 Å². The lowest BCUT2D eigenvalue weighted by atomic mass is 10.0. The average Bonchev–Trinajstić information content (AvgIpc) is 2.39. The van der Waals surface area contributed by atoms with Crippen LogP contribution in [0.1, 0.15) is 64.2 Å². The maximum absolute atomic E-state index is 6.07. The maximum Gasteiger partial charge on any atom is 0.0712 e. The molecule has 0 nitrogen and oxygen atoms in total. The van der Waals surface area contributed by atoms with Crippen LogP contribution in [0.25, 0.3) is 0 Å². The molecule has 1 aliphatic heterocycles. The van der Waals surface area contributed by atoms with Gasteiger partial charge in [-0.1, -0.05) is 84.1 Å². The summed E-state index contributed by atoms with van der Waals surface area (Å²) >= 11 is 16.5. The van der Waals surface area contributed by atoms with E-state index in [0.29, 0.717) is 0 Å². The zero-order chi connectivity index (χ0) is 12.6. The lowest BCUT2D eigenvalue weighted by Gasteiger charge is -2.49. The summed E-state index contributed by atoms with van der Waals surface area (Å²) in [6.45, 7) is 0. The molecule has 3 fully saturated rings. The van der Waals surface area contributed by atoms with Crippen molar-refractivity contribution in [3.05, 3.63) is 0 Å². The van der Waals surface area contributed by atoms with E-state index in [4.69, 9.17) is 23.6 Å². The third-order valence-corrected chi connectivity index (χ3v) is 38.9. The summed E-state index contributed by atoms with van der Waals surface area (Å²) in [6.07, 6.45) is 14.2. The first-order chi connectivity index (χ1) is 8.62. The van der Waals surface area contributed by atoms with E-state index in [2.05, 4.69) is 22.0 Å². The second kappa shape index (κ2) is 6.01. The van der Waals surface area contributed by atoms with Crippen LogP contribution in [-0.4, -0.2) is 11.3 Å². The Hall–Kier alpha value is 2.00. The van der Waals surface area contributed by atoms with E-state index in [1.165, 1.54) is 64.2 Å². The zero-order valence-electron chi connectivity index (χ0n) is 10.8. The SMILES string of the molecule is S=P1(C2CCCCC2)SP(=S)(C2CCCCC2)S1. The van der Waals surface area contributed by atoms with Gasteiger partial charge < -0.3 is 0 Å². The third-order valence-electron chi connectivity index (χ3n) is 4.50. The number of hydrogen-bond acceptors (Lipinski definition) is 4. The molecule has 0 N–H and O–H groups in total. The third kappa shape index (κ3) is 2.95. The van der Waals surface area contributed by atoms with Crippen LogP contribution in [0.4, 0.5) is 0 Å². The van der Waals surface area contributed by atoms with Gasteiger partial charge in [0.2, 0.25) is 0 Å². The molecule has 0 aromatic heterocycles. The highest BCUT2D eigenvalue weighted by molar-refractivity contribution is 9.46. The molecular formula is C12H22P2S4. The zero-order valence-corrected chi connectivity index (χ0v) is 15.8. The van der Waals surface area contributed by atoms with Crippen molar-refractivity contribution in [3.63, 3.8) is 0 Å². The predicted molar refractivity (Wildman–Crippen MR) is 97.5 cm³/mol. The summed E-state index contributed by atoms with van der Waals surface area (Å²) in [6, 6.07) is 0. The summed E-state index contributed by atoms with van der Waals surface area (Å²) in [7, 11) is 0. The van der Waals surface area contributed by atoms with Crippen molar-refractivity contribution in [2.75, 3.05) is 0 Å². The van der Waals surface area contributed by atoms with E-state index in [1.807, 2.05) is 0 Å². The molecule has 3 rings (SSSR count). The van der Waals surface area contributed by atoms with Gasteiger partial charge in [0.1, 0.15) is 0 Å². The second-order valence-electron chi connectivity index (χ2n) is 5.83. The topological polar surface area (TPSA) is 0 Å². The first-order valence-corrected chi connectivity index (χ1v) is 17.0. The highest BCUT2D eigenvalue weighted by Crippen LogP contribution is 3.08. The van der Waals surface area contributed by atoms with Gasteiger partial charge in [-0.3, -0.25) is 0 Å². The van der Waals surface area contributed by atoms with Gasteiger partial charge in [0, 0.05) is 11.3 Å². The molecular weight excluding hydrogens is 334 g/mol. The molecule has 2 aliphatic carbocycles. The first kappa shape index (κ1) is 14.9. The minimum Gasteiger partial charge on any atom is -0.0733 e. The van der Waals surface area contributed by atoms with Crippen molar-refractivity contribution in [1.82, 2.24) is 0 Å². The lowest BCUT2D eigenvalue weighted by Crippen LogP contribution is -2.17. The van der Waals surface area contributed by atoms with Crippen LogP contribution in [-0.2, 0) is 23.6 Å². The highest BCUT2D eigenvalue weighted by Gasteiger charge is 2.51. The maximum atomic E-state index is 6.07. The predicted octanol–water partition coefficient (Wildman–Crippen LogP) is 6.75. The fourth-order valence-electron chi connectivity index (χ4n) is 3.38. The molecule has 0 atom stereocenters. The van der Waals surface area contributed by atoms with Gasteiger partial charge in [-0.2, -0.15) is 0 Å². The van der Waals surface area contributed by atoms with Crippen LogP contribution in [0.3, 0.4) is 0 Å². The Balaban J connectivity index is 1.63. The van der Waals surface area contributed by atoms with Gasteiger partial charge in [-0.25, -0.2) is 0 Å². The molecule has 1 saturated heterocycles.